The second-order valence-corrected chi connectivity index (χ2v) is 7.52. The molecule has 2 rings (SSSR count). The van der Waals surface area contributed by atoms with Crippen molar-refractivity contribution in [1.29, 1.82) is 5.26 Å². The first kappa shape index (κ1) is 22.3. The van der Waals surface area contributed by atoms with Crippen molar-refractivity contribution in [1.82, 2.24) is 0 Å². The first-order valence-electron chi connectivity index (χ1n) is 8.17. The van der Waals surface area contributed by atoms with Gasteiger partial charge in [0.2, 0.25) is 0 Å². The predicted molar refractivity (Wildman–Crippen MR) is 118 cm³/mol. The lowest BCUT2D eigenvalue weighted by Crippen LogP contribution is -2.14. The summed E-state index contributed by atoms with van der Waals surface area (Å²) in [6.07, 6.45) is 2.98. The normalized spacial score (nSPS) is 10.8. The predicted octanol–water partition coefficient (Wildman–Crippen LogP) is 5.54. The number of nitrogens with one attached hydrogen (secondary N) is 1. The van der Waals surface area contributed by atoms with Crippen molar-refractivity contribution in [3.63, 3.8) is 0 Å². The van der Waals surface area contributed by atoms with Gasteiger partial charge in [-0.05, 0) is 74.2 Å². The molecule has 2 aromatic carbocycles. The van der Waals surface area contributed by atoms with Gasteiger partial charge >= 0.3 is 0 Å². The quantitative estimate of drug-likeness (QED) is 0.170. The number of anilines is 1. The molecule has 1 amide bonds. The van der Waals surface area contributed by atoms with E-state index in [1.807, 2.05) is 6.07 Å². The van der Waals surface area contributed by atoms with Crippen LogP contribution in [0.1, 0.15) is 11.1 Å². The molecule has 0 aliphatic heterocycles. The van der Waals surface area contributed by atoms with Crippen molar-refractivity contribution in [3.8, 4) is 11.8 Å². The van der Waals surface area contributed by atoms with Crippen molar-refractivity contribution >= 4 is 55.2 Å². The van der Waals surface area contributed by atoms with Crippen LogP contribution in [0.3, 0.4) is 0 Å². The molecule has 0 saturated heterocycles. The minimum Gasteiger partial charge on any atom is -0.487 e. The van der Waals surface area contributed by atoms with Crippen molar-refractivity contribution in [2.45, 2.75) is 6.92 Å². The molecule has 0 bridgehead atoms. The van der Waals surface area contributed by atoms with E-state index in [0.29, 0.717) is 32.4 Å². The van der Waals surface area contributed by atoms with Crippen LogP contribution in [0.25, 0.3) is 6.08 Å². The Morgan fingerprint density at radius 1 is 1.34 bits per heavy atom. The SMILES string of the molecule is C=CCOc1c(Br)cc(/C=C(\C#N)C(=O)Nc2ccc(C)cc2[N+](=O)[O-])cc1Br. The molecule has 0 aromatic heterocycles. The van der Waals surface area contributed by atoms with Gasteiger partial charge in [-0.1, -0.05) is 18.7 Å². The fourth-order valence-corrected chi connectivity index (χ4v) is 3.80. The van der Waals surface area contributed by atoms with E-state index in [1.54, 1.807) is 31.2 Å². The second kappa shape index (κ2) is 10.0. The fourth-order valence-electron chi connectivity index (χ4n) is 2.35. The third-order valence-corrected chi connectivity index (χ3v) is 4.82. The van der Waals surface area contributed by atoms with Gasteiger partial charge in [-0.2, -0.15) is 5.26 Å². The van der Waals surface area contributed by atoms with Crippen molar-refractivity contribution in [2.75, 3.05) is 11.9 Å². The largest absolute Gasteiger partial charge is 0.487 e. The summed E-state index contributed by atoms with van der Waals surface area (Å²) >= 11 is 6.77. The highest BCUT2D eigenvalue weighted by Gasteiger charge is 2.18. The summed E-state index contributed by atoms with van der Waals surface area (Å²) in [4.78, 5) is 23.1. The average Bonchev–Trinajstić information content (AvgIpc) is 2.66. The molecule has 0 aliphatic carbocycles. The summed E-state index contributed by atoms with van der Waals surface area (Å²) in [5.74, 6) is -0.195. The number of benzene rings is 2. The maximum Gasteiger partial charge on any atom is 0.293 e. The Morgan fingerprint density at radius 2 is 2.00 bits per heavy atom. The van der Waals surface area contributed by atoms with Gasteiger partial charge in [-0.3, -0.25) is 14.9 Å². The average molecular weight is 521 g/mol. The number of hydrogen-bond acceptors (Lipinski definition) is 5. The summed E-state index contributed by atoms with van der Waals surface area (Å²) in [6.45, 7) is 5.61. The smallest absolute Gasteiger partial charge is 0.293 e. The van der Waals surface area contributed by atoms with Crippen LogP contribution in [0.15, 0.2) is 57.5 Å². The number of aryl methyl sites for hydroxylation is 1. The molecule has 7 nitrogen and oxygen atoms in total. The highest BCUT2D eigenvalue weighted by Crippen LogP contribution is 2.35. The molecule has 0 heterocycles. The molecule has 0 radical (unpaired) electrons. The maximum atomic E-state index is 12.5. The number of rotatable bonds is 7. The van der Waals surface area contributed by atoms with Crippen molar-refractivity contribution in [3.05, 3.63) is 78.7 Å². The molecule has 2 aromatic rings. The lowest BCUT2D eigenvalue weighted by molar-refractivity contribution is -0.384. The van der Waals surface area contributed by atoms with E-state index in [4.69, 9.17) is 4.74 Å². The Balaban J connectivity index is 2.33. The van der Waals surface area contributed by atoms with Crippen LogP contribution in [-0.2, 0) is 4.79 Å². The summed E-state index contributed by atoms with van der Waals surface area (Å²) in [5, 5.41) is 23.0. The third-order valence-electron chi connectivity index (χ3n) is 3.64. The monoisotopic (exact) mass is 519 g/mol. The zero-order valence-electron chi connectivity index (χ0n) is 15.2. The molecule has 1 N–H and O–H groups in total. The Morgan fingerprint density at radius 3 is 2.55 bits per heavy atom. The zero-order valence-corrected chi connectivity index (χ0v) is 18.4. The number of halogens is 2. The maximum absolute atomic E-state index is 12.5. The van der Waals surface area contributed by atoms with Crippen LogP contribution >= 0.6 is 31.9 Å². The van der Waals surface area contributed by atoms with E-state index < -0.39 is 10.8 Å². The zero-order chi connectivity index (χ0) is 21.6. The van der Waals surface area contributed by atoms with E-state index in [1.165, 1.54) is 18.2 Å². The minimum absolute atomic E-state index is 0.0160. The van der Waals surface area contributed by atoms with Gasteiger partial charge in [-0.15, -0.1) is 0 Å². The summed E-state index contributed by atoms with van der Waals surface area (Å²) in [5.41, 5.74) is 0.796. The highest BCUT2D eigenvalue weighted by atomic mass is 79.9. The van der Waals surface area contributed by atoms with Gasteiger partial charge in [-0.25, -0.2) is 0 Å². The van der Waals surface area contributed by atoms with E-state index in [-0.39, 0.29) is 16.9 Å². The number of nitro benzene ring substituents is 1. The number of carbonyl (C=O) groups excluding carboxylic acids is 1. The van der Waals surface area contributed by atoms with Crippen LogP contribution in [0, 0.1) is 28.4 Å². The molecule has 0 unspecified atom stereocenters. The van der Waals surface area contributed by atoms with Crippen LogP contribution in [0.2, 0.25) is 0 Å². The molecule has 29 heavy (non-hydrogen) atoms. The molecule has 0 atom stereocenters. The number of nitrogens with zero attached hydrogens (tertiary/aromatic N) is 2. The Labute approximate surface area is 184 Å². The van der Waals surface area contributed by atoms with Gasteiger partial charge in [0.15, 0.2) is 0 Å². The summed E-state index contributed by atoms with van der Waals surface area (Å²) in [6, 6.07) is 9.60. The number of amides is 1. The van der Waals surface area contributed by atoms with Crippen molar-refractivity contribution < 1.29 is 14.5 Å². The molecule has 0 aliphatic rings. The van der Waals surface area contributed by atoms with Crippen LogP contribution in [0.4, 0.5) is 11.4 Å². The number of hydrogen-bond donors (Lipinski definition) is 1. The van der Waals surface area contributed by atoms with Crippen LogP contribution in [0.5, 0.6) is 5.75 Å². The second-order valence-electron chi connectivity index (χ2n) is 5.82. The topological polar surface area (TPSA) is 105 Å². The number of nitro groups is 1. The molecule has 0 saturated carbocycles. The first-order chi connectivity index (χ1) is 13.8. The first-order valence-corrected chi connectivity index (χ1v) is 9.76. The fraction of sp³-hybridized carbons (Fsp3) is 0.100. The third kappa shape index (κ3) is 5.76. The Bertz CT molecular complexity index is 1040. The van der Waals surface area contributed by atoms with Gasteiger partial charge in [0.1, 0.15) is 29.7 Å². The van der Waals surface area contributed by atoms with Crippen LogP contribution < -0.4 is 10.1 Å². The van der Waals surface area contributed by atoms with E-state index in [9.17, 15) is 20.2 Å². The number of ether oxygens (including phenoxy) is 1. The van der Waals surface area contributed by atoms with Gasteiger partial charge in [0.25, 0.3) is 11.6 Å². The van der Waals surface area contributed by atoms with Crippen LogP contribution in [-0.4, -0.2) is 17.4 Å². The lowest BCUT2D eigenvalue weighted by Gasteiger charge is -2.10. The number of nitriles is 1. The van der Waals surface area contributed by atoms with E-state index in [2.05, 4.69) is 43.8 Å². The standard InChI is InChI=1S/C20H15Br2N3O4/c1-3-6-29-19-15(21)9-13(10-16(19)22)8-14(11-23)20(26)24-17-5-4-12(2)7-18(17)25(27)28/h3-5,7-10H,1,6H2,2H3,(H,24,26)/b14-8+. The highest BCUT2D eigenvalue weighted by molar-refractivity contribution is 9.11. The molecule has 0 spiro atoms. The molecule has 0 fully saturated rings. The lowest BCUT2D eigenvalue weighted by atomic mass is 10.1. The van der Waals surface area contributed by atoms with Gasteiger partial charge in [0.05, 0.1) is 13.9 Å². The Hall–Kier alpha value is -2.96. The van der Waals surface area contributed by atoms with E-state index in [0.717, 1.165) is 0 Å². The van der Waals surface area contributed by atoms with E-state index >= 15 is 0 Å². The summed E-state index contributed by atoms with van der Waals surface area (Å²) in [7, 11) is 0. The Kier molecular flexibility index (Phi) is 7.70. The van der Waals surface area contributed by atoms with Gasteiger partial charge < -0.3 is 10.1 Å². The molecule has 148 valence electrons. The molecular formula is C20H15Br2N3O4. The molecule has 9 heteroatoms. The number of carbonyl (C=O) groups is 1. The molecular weight excluding hydrogens is 506 g/mol. The van der Waals surface area contributed by atoms with Gasteiger partial charge in [0, 0.05) is 6.07 Å². The van der Waals surface area contributed by atoms with Crippen molar-refractivity contribution in [2.24, 2.45) is 0 Å². The minimum atomic E-state index is -0.751. The summed E-state index contributed by atoms with van der Waals surface area (Å²) < 4.78 is 6.77.